The van der Waals surface area contributed by atoms with Crippen molar-refractivity contribution in [3.05, 3.63) is 45.9 Å². The minimum atomic E-state index is 0.323. The van der Waals surface area contributed by atoms with Crippen molar-refractivity contribution < 1.29 is 0 Å². The van der Waals surface area contributed by atoms with Crippen LogP contribution in [0.15, 0.2) is 29.8 Å². The summed E-state index contributed by atoms with van der Waals surface area (Å²) in [6, 6.07) is 5.97. The lowest BCUT2D eigenvalue weighted by Crippen LogP contribution is -2.12. The molecular weight excluding hydrogens is 262 g/mol. The molecule has 0 saturated carbocycles. The number of hydrogen-bond acceptors (Lipinski definition) is 4. The summed E-state index contributed by atoms with van der Waals surface area (Å²) in [4.78, 5) is 5.80. The molecule has 3 nitrogen and oxygen atoms in total. The number of thiophene rings is 1. The van der Waals surface area contributed by atoms with E-state index < -0.39 is 0 Å². The molecule has 2 rings (SSSR count). The highest BCUT2D eigenvalue weighted by atomic mass is 32.1. The number of nitrogens with two attached hydrogens (primary N) is 1. The molecule has 0 aromatic carbocycles. The van der Waals surface area contributed by atoms with Gasteiger partial charge in [-0.15, -0.1) is 11.3 Å². The third-order valence-electron chi connectivity index (χ3n) is 2.68. The van der Waals surface area contributed by atoms with E-state index >= 15 is 0 Å². The van der Waals surface area contributed by atoms with Crippen molar-refractivity contribution in [2.24, 2.45) is 5.73 Å². The van der Waals surface area contributed by atoms with Crippen LogP contribution < -0.4 is 11.1 Å². The van der Waals surface area contributed by atoms with Gasteiger partial charge in [-0.2, -0.15) is 0 Å². The van der Waals surface area contributed by atoms with Crippen molar-refractivity contribution in [1.82, 2.24) is 4.98 Å². The minimum Gasteiger partial charge on any atom is -0.388 e. The van der Waals surface area contributed by atoms with Gasteiger partial charge in [0.05, 0.1) is 5.69 Å². The molecule has 0 fully saturated rings. The van der Waals surface area contributed by atoms with Gasteiger partial charge in [0.15, 0.2) is 0 Å². The van der Waals surface area contributed by atoms with E-state index in [-0.39, 0.29) is 0 Å². The molecule has 2 heterocycles. The molecule has 94 valence electrons. The van der Waals surface area contributed by atoms with E-state index in [1.165, 1.54) is 10.4 Å². The van der Waals surface area contributed by atoms with Crippen molar-refractivity contribution in [2.45, 2.75) is 19.9 Å². The molecule has 0 bridgehead atoms. The highest BCUT2D eigenvalue weighted by molar-refractivity contribution is 7.80. The zero-order valence-electron chi connectivity index (χ0n) is 10.1. The van der Waals surface area contributed by atoms with E-state index in [2.05, 4.69) is 28.7 Å². The molecule has 2 aromatic heterocycles. The van der Waals surface area contributed by atoms with Crippen molar-refractivity contribution in [3.8, 4) is 0 Å². The molecule has 2 aromatic rings. The second-order valence-electron chi connectivity index (χ2n) is 3.87. The van der Waals surface area contributed by atoms with Gasteiger partial charge in [-0.1, -0.05) is 19.1 Å². The van der Waals surface area contributed by atoms with Crippen molar-refractivity contribution in [3.63, 3.8) is 0 Å². The summed E-state index contributed by atoms with van der Waals surface area (Å²) in [5.74, 6) is 0. The molecule has 0 aliphatic heterocycles. The fourth-order valence-electron chi connectivity index (χ4n) is 1.69. The Hall–Kier alpha value is -1.46. The Morgan fingerprint density at radius 3 is 3.06 bits per heavy atom. The van der Waals surface area contributed by atoms with Gasteiger partial charge in [0.2, 0.25) is 0 Å². The lowest BCUT2D eigenvalue weighted by molar-refractivity contribution is 1.08. The third kappa shape index (κ3) is 3.05. The zero-order chi connectivity index (χ0) is 13.0. The molecule has 0 unspecified atom stereocenters. The van der Waals surface area contributed by atoms with Gasteiger partial charge in [-0.05, 0) is 35.6 Å². The van der Waals surface area contributed by atoms with Crippen LogP contribution in [0.4, 0.5) is 5.69 Å². The van der Waals surface area contributed by atoms with Crippen LogP contribution in [0.2, 0.25) is 0 Å². The van der Waals surface area contributed by atoms with Crippen LogP contribution in [-0.4, -0.2) is 9.97 Å². The predicted molar refractivity (Wildman–Crippen MR) is 81.1 cm³/mol. The zero-order valence-corrected chi connectivity index (χ0v) is 11.8. The summed E-state index contributed by atoms with van der Waals surface area (Å²) < 4.78 is 0. The normalized spacial score (nSPS) is 10.3. The average Bonchev–Trinajstić information content (AvgIpc) is 2.84. The molecular formula is C13H15N3S2. The quantitative estimate of drug-likeness (QED) is 0.825. The van der Waals surface area contributed by atoms with Crippen molar-refractivity contribution >= 4 is 34.2 Å². The van der Waals surface area contributed by atoms with Crippen LogP contribution in [0.1, 0.15) is 23.1 Å². The molecule has 18 heavy (non-hydrogen) atoms. The minimum absolute atomic E-state index is 0.323. The SMILES string of the molecule is CCc1ccsc1CNc1ccnc(C(N)=S)c1. The van der Waals surface area contributed by atoms with E-state index in [4.69, 9.17) is 18.0 Å². The van der Waals surface area contributed by atoms with Gasteiger partial charge in [-0.3, -0.25) is 4.98 Å². The Kier molecular flexibility index (Phi) is 4.28. The number of aromatic nitrogens is 1. The topological polar surface area (TPSA) is 50.9 Å². The smallest absolute Gasteiger partial charge is 0.122 e. The van der Waals surface area contributed by atoms with E-state index in [1.807, 2.05) is 12.1 Å². The molecule has 0 spiro atoms. The highest BCUT2D eigenvalue weighted by Crippen LogP contribution is 2.19. The summed E-state index contributed by atoms with van der Waals surface area (Å²) in [5, 5.41) is 5.50. The van der Waals surface area contributed by atoms with Gasteiger partial charge < -0.3 is 11.1 Å². The molecule has 0 aliphatic rings. The standard InChI is InChI=1S/C13H15N3S2/c1-2-9-4-6-18-12(9)8-16-10-3-5-15-11(7-10)13(14)17/h3-7H,2,8H2,1H3,(H2,14,17)(H,15,16). The Balaban J connectivity index is 2.06. The Bertz CT molecular complexity index is 549. The number of thiocarbonyl (C=S) groups is 1. The number of aryl methyl sites for hydroxylation is 1. The molecule has 0 radical (unpaired) electrons. The molecule has 5 heteroatoms. The monoisotopic (exact) mass is 277 g/mol. The number of rotatable bonds is 5. The second-order valence-corrected chi connectivity index (χ2v) is 5.31. The number of hydrogen-bond donors (Lipinski definition) is 2. The first-order chi connectivity index (χ1) is 8.70. The predicted octanol–water partition coefficient (Wildman–Crippen LogP) is 2.95. The van der Waals surface area contributed by atoms with E-state index in [0.29, 0.717) is 10.7 Å². The Labute approximate surface area is 116 Å². The maximum absolute atomic E-state index is 5.56. The first-order valence-electron chi connectivity index (χ1n) is 5.75. The second kappa shape index (κ2) is 5.93. The number of nitrogens with zero attached hydrogens (tertiary/aromatic N) is 1. The van der Waals surface area contributed by atoms with Gasteiger partial charge in [-0.25, -0.2) is 0 Å². The highest BCUT2D eigenvalue weighted by Gasteiger charge is 2.03. The van der Waals surface area contributed by atoms with Gasteiger partial charge in [0, 0.05) is 23.3 Å². The first kappa shape index (κ1) is 13.0. The average molecular weight is 277 g/mol. The number of anilines is 1. The number of pyridine rings is 1. The van der Waals surface area contributed by atoms with Crippen LogP contribution >= 0.6 is 23.6 Å². The van der Waals surface area contributed by atoms with Crippen molar-refractivity contribution in [2.75, 3.05) is 5.32 Å². The van der Waals surface area contributed by atoms with Crippen LogP contribution in [-0.2, 0) is 13.0 Å². The Morgan fingerprint density at radius 2 is 2.33 bits per heavy atom. The number of nitrogens with one attached hydrogen (secondary N) is 1. The van der Waals surface area contributed by atoms with Gasteiger partial charge in [0.25, 0.3) is 0 Å². The fourth-order valence-corrected chi connectivity index (χ4v) is 2.72. The van der Waals surface area contributed by atoms with Gasteiger partial charge >= 0.3 is 0 Å². The molecule has 0 amide bonds. The summed E-state index contributed by atoms with van der Waals surface area (Å²) >= 11 is 6.69. The van der Waals surface area contributed by atoms with E-state index in [0.717, 1.165) is 18.7 Å². The lowest BCUT2D eigenvalue weighted by atomic mass is 10.2. The molecule has 0 atom stereocenters. The maximum atomic E-state index is 5.56. The van der Waals surface area contributed by atoms with E-state index in [1.54, 1.807) is 17.5 Å². The summed E-state index contributed by atoms with van der Waals surface area (Å²) in [5.41, 5.74) is 8.60. The van der Waals surface area contributed by atoms with Crippen LogP contribution in [0.5, 0.6) is 0 Å². The van der Waals surface area contributed by atoms with Crippen molar-refractivity contribution in [1.29, 1.82) is 0 Å². The molecule has 0 aliphatic carbocycles. The molecule has 3 N–H and O–H groups in total. The summed E-state index contributed by atoms with van der Waals surface area (Å²) in [6.07, 6.45) is 2.78. The van der Waals surface area contributed by atoms with Crippen LogP contribution in [0.3, 0.4) is 0 Å². The fraction of sp³-hybridized carbons (Fsp3) is 0.231. The summed E-state index contributed by atoms with van der Waals surface area (Å²) in [6.45, 7) is 2.99. The molecule has 0 saturated heterocycles. The third-order valence-corrected chi connectivity index (χ3v) is 3.86. The summed E-state index contributed by atoms with van der Waals surface area (Å²) in [7, 11) is 0. The van der Waals surface area contributed by atoms with Crippen LogP contribution in [0.25, 0.3) is 0 Å². The first-order valence-corrected chi connectivity index (χ1v) is 7.04. The van der Waals surface area contributed by atoms with Gasteiger partial charge in [0.1, 0.15) is 4.99 Å². The largest absolute Gasteiger partial charge is 0.388 e. The van der Waals surface area contributed by atoms with E-state index in [9.17, 15) is 0 Å². The Morgan fingerprint density at radius 1 is 1.50 bits per heavy atom. The van der Waals surface area contributed by atoms with Crippen LogP contribution in [0, 0.1) is 0 Å². The maximum Gasteiger partial charge on any atom is 0.122 e. The lowest BCUT2D eigenvalue weighted by Gasteiger charge is -2.07.